The molecule has 1 amide bonds. The summed E-state index contributed by atoms with van der Waals surface area (Å²) >= 11 is 0. The van der Waals surface area contributed by atoms with E-state index in [1.807, 2.05) is 0 Å². The predicted molar refractivity (Wildman–Crippen MR) is 85.3 cm³/mol. The number of amides is 1. The minimum Gasteiger partial charge on any atom is -0.381 e. The molecule has 2 aliphatic heterocycles. The molecule has 0 aromatic heterocycles. The van der Waals surface area contributed by atoms with E-state index in [-0.39, 0.29) is 0 Å². The zero-order valence-electron chi connectivity index (χ0n) is 14.0. The third-order valence-corrected chi connectivity index (χ3v) is 5.14. The second-order valence-electron chi connectivity index (χ2n) is 6.80. The summed E-state index contributed by atoms with van der Waals surface area (Å²) in [5.74, 6) is 0.953. The summed E-state index contributed by atoms with van der Waals surface area (Å²) in [7, 11) is 0. The fourth-order valence-electron chi connectivity index (χ4n) is 3.67. The summed E-state index contributed by atoms with van der Waals surface area (Å²) in [5, 5.41) is 0. The lowest BCUT2D eigenvalue weighted by atomic mass is 9.92. The van der Waals surface area contributed by atoms with E-state index in [2.05, 4.69) is 30.6 Å². The van der Waals surface area contributed by atoms with E-state index < -0.39 is 0 Å². The molecule has 2 aliphatic rings. The topological polar surface area (TPSA) is 32.8 Å². The van der Waals surface area contributed by atoms with Crippen LogP contribution in [0.2, 0.25) is 0 Å². The highest BCUT2D eigenvalue weighted by molar-refractivity contribution is 5.76. The number of ether oxygens (including phenoxy) is 1. The zero-order valence-corrected chi connectivity index (χ0v) is 14.0. The van der Waals surface area contributed by atoms with Crippen molar-refractivity contribution in [3.8, 4) is 0 Å². The zero-order chi connectivity index (χ0) is 15.2. The third-order valence-electron chi connectivity index (χ3n) is 5.14. The van der Waals surface area contributed by atoms with Crippen molar-refractivity contribution in [3.05, 3.63) is 0 Å². The standard InChI is InChI=1S/C17H32N2O2/c1-4-19(16-7-11-21-12-8-16)17(20)13-15-5-9-18(10-6-15)14(2)3/h14-16H,4-13H2,1-3H3. The van der Waals surface area contributed by atoms with E-state index in [9.17, 15) is 4.79 Å². The molecule has 0 atom stereocenters. The molecule has 0 aromatic rings. The molecule has 0 radical (unpaired) electrons. The molecule has 4 heteroatoms. The Morgan fingerprint density at radius 3 is 2.33 bits per heavy atom. The quantitative estimate of drug-likeness (QED) is 0.781. The Balaban J connectivity index is 1.80. The van der Waals surface area contributed by atoms with Gasteiger partial charge in [0.15, 0.2) is 0 Å². The number of rotatable bonds is 5. The maximum Gasteiger partial charge on any atom is 0.223 e. The van der Waals surface area contributed by atoms with E-state index in [4.69, 9.17) is 4.74 Å². The van der Waals surface area contributed by atoms with Crippen molar-refractivity contribution in [1.82, 2.24) is 9.80 Å². The Morgan fingerprint density at radius 1 is 1.19 bits per heavy atom. The maximum absolute atomic E-state index is 12.6. The first-order valence-electron chi connectivity index (χ1n) is 8.73. The Morgan fingerprint density at radius 2 is 1.81 bits per heavy atom. The van der Waals surface area contributed by atoms with Crippen LogP contribution < -0.4 is 0 Å². The van der Waals surface area contributed by atoms with Gasteiger partial charge in [-0.25, -0.2) is 0 Å². The van der Waals surface area contributed by atoms with E-state index in [1.54, 1.807) is 0 Å². The molecule has 0 spiro atoms. The van der Waals surface area contributed by atoms with E-state index >= 15 is 0 Å². The van der Waals surface area contributed by atoms with Crippen LogP contribution in [0.4, 0.5) is 0 Å². The van der Waals surface area contributed by atoms with Crippen LogP contribution >= 0.6 is 0 Å². The molecular weight excluding hydrogens is 264 g/mol. The second-order valence-corrected chi connectivity index (χ2v) is 6.80. The van der Waals surface area contributed by atoms with Crippen LogP contribution in [-0.2, 0) is 9.53 Å². The highest BCUT2D eigenvalue weighted by atomic mass is 16.5. The molecule has 0 N–H and O–H groups in total. The first-order valence-corrected chi connectivity index (χ1v) is 8.73. The van der Waals surface area contributed by atoms with Gasteiger partial charge < -0.3 is 14.5 Å². The van der Waals surface area contributed by atoms with Crippen molar-refractivity contribution in [1.29, 1.82) is 0 Å². The van der Waals surface area contributed by atoms with Crippen molar-refractivity contribution < 1.29 is 9.53 Å². The monoisotopic (exact) mass is 296 g/mol. The molecule has 4 nitrogen and oxygen atoms in total. The fourth-order valence-corrected chi connectivity index (χ4v) is 3.67. The Bertz CT molecular complexity index is 319. The first kappa shape index (κ1) is 16.8. The van der Waals surface area contributed by atoms with Gasteiger partial charge in [0, 0.05) is 38.3 Å². The molecular formula is C17H32N2O2. The molecule has 0 aromatic carbocycles. The molecule has 0 unspecified atom stereocenters. The summed E-state index contributed by atoms with van der Waals surface area (Å²) in [5.41, 5.74) is 0. The molecule has 0 aliphatic carbocycles. The van der Waals surface area contributed by atoms with Crippen LogP contribution in [0.3, 0.4) is 0 Å². The van der Waals surface area contributed by atoms with Gasteiger partial charge in [-0.2, -0.15) is 0 Å². The average Bonchev–Trinajstić information content (AvgIpc) is 2.49. The lowest BCUT2D eigenvalue weighted by Crippen LogP contribution is -2.45. The minimum atomic E-state index is 0.368. The summed E-state index contributed by atoms with van der Waals surface area (Å²) in [4.78, 5) is 17.3. The molecule has 2 rings (SSSR count). The minimum absolute atomic E-state index is 0.368. The maximum atomic E-state index is 12.6. The molecule has 122 valence electrons. The summed E-state index contributed by atoms with van der Waals surface area (Å²) in [6.07, 6.45) is 5.11. The lowest BCUT2D eigenvalue weighted by Gasteiger charge is -2.37. The number of carbonyl (C=O) groups excluding carboxylic acids is 1. The summed E-state index contributed by atoms with van der Waals surface area (Å²) in [6.45, 7) is 11.4. The Kier molecular flexibility index (Phi) is 6.49. The normalized spacial score (nSPS) is 22.7. The van der Waals surface area contributed by atoms with Gasteiger partial charge in [-0.05, 0) is 65.5 Å². The van der Waals surface area contributed by atoms with Crippen molar-refractivity contribution in [2.75, 3.05) is 32.8 Å². The van der Waals surface area contributed by atoms with Gasteiger partial charge in [0.05, 0.1) is 0 Å². The molecule has 2 heterocycles. The smallest absolute Gasteiger partial charge is 0.223 e. The van der Waals surface area contributed by atoms with Gasteiger partial charge >= 0.3 is 0 Å². The third kappa shape index (κ3) is 4.68. The highest BCUT2D eigenvalue weighted by Crippen LogP contribution is 2.24. The van der Waals surface area contributed by atoms with Gasteiger partial charge in [-0.3, -0.25) is 4.79 Å². The van der Waals surface area contributed by atoms with Crippen LogP contribution in [0.1, 0.15) is 52.9 Å². The number of hydrogen-bond acceptors (Lipinski definition) is 3. The van der Waals surface area contributed by atoms with Crippen LogP contribution in [0, 0.1) is 5.92 Å². The van der Waals surface area contributed by atoms with Crippen LogP contribution in [0.5, 0.6) is 0 Å². The van der Waals surface area contributed by atoms with Crippen molar-refractivity contribution in [2.24, 2.45) is 5.92 Å². The van der Waals surface area contributed by atoms with Gasteiger partial charge in [0.2, 0.25) is 5.91 Å². The second kappa shape index (κ2) is 8.14. The SMILES string of the molecule is CCN(C(=O)CC1CCN(C(C)C)CC1)C1CCOCC1. The molecule has 2 fully saturated rings. The number of hydrogen-bond donors (Lipinski definition) is 0. The molecule has 0 bridgehead atoms. The van der Waals surface area contributed by atoms with E-state index in [0.717, 1.165) is 52.1 Å². The fraction of sp³-hybridized carbons (Fsp3) is 0.941. The van der Waals surface area contributed by atoms with Crippen molar-refractivity contribution in [2.45, 2.75) is 65.0 Å². The van der Waals surface area contributed by atoms with Gasteiger partial charge in [-0.1, -0.05) is 0 Å². The average molecular weight is 296 g/mol. The Hall–Kier alpha value is -0.610. The highest BCUT2D eigenvalue weighted by Gasteiger charge is 2.28. The number of likely N-dealkylation sites (tertiary alicyclic amines) is 1. The lowest BCUT2D eigenvalue weighted by molar-refractivity contribution is -0.136. The number of carbonyl (C=O) groups is 1. The summed E-state index contributed by atoms with van der Waals surface area (Å²) in [6, 6.07) is 1.04. The van der Waals surface area contributed by atoms with Gasteiger partial charge in [0.25, 0.3) is 0 Å². The van der Waals surface area contributed by atoms with Crippen LogP contribution in [0.25, 0.3) is 0 Å². The largest absolute Gasteiger partial charge is 0.381 e. The van der Waals surface area contributed by atoms with Gasteiger partial charge in [0.1, 0.15) is 0 Å². The van der Waals surface area contributed by atoms with Crippen LogP contribution in [0.15, 0.2) is 0 Å². The number of nitrogens with zero attached hydrogens (tertiary/aromatic N) is 2. The Labute approximate surface area is 129 Å². The van der Waals surface area contributed by atoms with Crippen LogP contribution in [-0.4, -0.2) is 60.6 Å². The van der Waals surface area contributed by atoms with Crippen molar-refractivity contribution >= 4 is 5.91 Å². The van der Waals surface area contributed by atoms with Gasteiger partial charge in [-0.15, -0.1) is 0 Å². The number of piperidine rings is 1. The first-order chi connectivity index (χ1) is 10.1. The summed E-state index contributed by atoms with van der Waals surface area (Å²) < 4.78 is 5.41. The predicted octanol–water partition coefficient (Wildman–Crippen LogP) is 2.52. The molecule has 0 saturated carbocycles. The molecule has 2 saturated heterocycles. The van der Waals surface area contributed by atoms with E-state index in [0.29, 0.717) is 23.9 Å². The van der Waals surface area contributed by atoms with E-state index in [1.165, 1.54) is 12.8 Å². The van der Waals surface area contributed by atoms with Crippen molar-refractivity contribution in [3.63, 3.8) is 0 Å². The molecule has 21 heavy (non-hydrogen) atoms.